The van der Waals surface area contributed by atoms with Crippen LogP contribution in [0, 0.1) is 12.8 Å². The molecule has 4 rings (SSSR count). The van der Waals surface area contributed by atoms with Crippen LogP contribution in [-0.2, 0) is 0 Å². The minimum atomic E-state index is -0.234. The Morgan fingerprint density at radius 3 is 3.04 bits per heavy atom. The average Bonchev–Trinajstić information content (AvgIpc) is 3.42. The predicted octanol–water partition coefficient (Wildman–Crippen LogP) is 1.59. The summed E-state index contributed by atoms with van der Waals surface area (Å²) in [5, 5.41) is 13.2. The first-order chi connectivity index (χ1) is 12.1. The van der Waals surface area contributed by atoms with Gasteiger partial charge in [-0.25, -0.2) is 4.68 Å². The SMILES string of the molecule is Cc1c(C(=O)NCC(N)C2CC2)nnn1-c1cccc2cnccc12. The van der Waals surface area contributed by atoms with Crippen molar-refractivity contribution in [2.75, 3.05) is 6.54 Å². The van der Waals surface area contributed by atoms with E-state index in [4.69, 9.17) is 5.73 Å². The molecule has 0 radical (unpaired) electrons. The van der Waals surface area contributed by atoms with E-state index in [1.807, 2.05) is 31.2 Å². The van der Waals surface area contributed by atoms with Crippen LogP contribution in [0.3, 0.4) is 0 Å². The minimum absolute atomic E-state index is 0.0184. The van der Waals surface area contributed by atoms with Crippen molar-refractivity contribution in [2.24, 2.45) is 11.7 Å². The van der Waals surface area contributed by atoms with Crippen molar-refractivity contribution in [2.45, 2.75) is 25.8 Å². The van der Waals surface area contributed by atoms with Gasteiger partial charge in [-0.15, -0.1) is 5.10 Å². The van der Waals surface area contributed by atoms with E-state index in [0.717, 1.165) is 29.3 Å². The molecule has 1 fully saturated rings. The Labute approximate surface area is 145 Å². The second kappa shape index (κ2) is 6.25. The molecule has 0 aliphatic heterocycles. The van der Waals surface area contributed by atoms with Crippen LogP contribution in [-0.4, -0.2) is 38.5 Å². The van der Waals surface area contributed by atoms with E-state index in [1.54, 1.807) is 17.1 Å². The lowest BCUT2D eigenvalue weighted by molar-refractivity contribution is 0.0944. The molecule has 25 heavy (non-hydrogen) atoms. The molecule has 128 valence electrons. The number of rotatable bonds is 5. The Kier molecular flexibility index (Phi) is 3.93. The van der Waals surface area contributed by atoms with Crippen LogP contribution in [0.4, 0.5) is 0 Å². The van der Waals surface area contributed by atoms with E-state index in [-0.39, 0.29) is 11.9 Å². The normalized spacial score (nSPS) is 15.3. The molecule has 0 spiro atoms. The molecule has 0 bridgehead atoms. The largest absolute Gasteiger partial charge is 0.349 e. The van der Waals surface area contributed by atoms with Crippen molar-refractivity contribution >= 4 is 16.7 Å². The molecule has 3 N–H and O–H groups in total. The number of nitrogens with zero attached hydrogens (tertiary/aromatic N) is 4. The number of hydrogen-bond acceptors (Lipinski definition) is 5. The van der Waals surface area contributed by atoms with Gasteiger partial charge in [0.05, 0.1) is 11.4 Å². The second-order valence-electron chi connectivity index (χ2n) is 6.52. The predicted molar refractivity (Wildman–Crippen MR) is 94.4 cm³/mol. The van der Waals surface area contributed by atoms with Gasteiger partial charge >= 0.3 is 0 Å². The zero-order valence-corrected chi connectivity index (χ0v) is 14.0. The Hall–Kier alpha value is -2.80. The van der Waals surface area contributed by atoms with Crippen LogP contribution in [0.5, 0.6) is 0 Å². The molecule has 7 heteroatoms. The molecule has 0 saturated heterocycles. The Morgan fingerprint density at radius 1 is 1.40 bits per heavy atom. The molecule has 1 atom stereocenters. The summed E-state index contributed by atoms with van der Waals surface area (Å²) in [7, 11) is 0. The zero-order chi connectivity index (χ0) is 17.4. The van der Waals surface area contributed by atoms with Gasteiger partial charge in [0.1, 0.15) is 0 Å². The summed E-state index contributed by atoms with van der Waals surface area (Å²) in [5.41, 5.74) is 7.94. The first-order valence-electron chi connectivity index (χ1n) is 8.44. The average molecular weight is 336 g/mol. The van der Waals surface area contributed by atoms with Crippen LogP contribution in [0.1, 0.15) is 29.0 Å². The molecule has 7 nitrogen and oxygen atoms in total. The summed E-state index contributed by atoms with van der Waals surface area (Å²) in [5.74, 6) is 0.308. The molecule has 1 saturated carbocycles. The number of aromatic nitrogens is 4. The molecule has 1 aliphatic carbocycles. The number of benzene rings is 1. The molecular weight excluding hydrogens is 316 g/mol. The Bertz CT molecular complexity index is 925. The van der Waals surface area contributed by atoms with Crippen molar-refractivity contribution in [1.29, 1.82) is 0 Å². The number of carbonyl (C=O) groups is 1. The van der Waals surface area contributed by atoms with Crippen molar-refractivity contribution < 1.29 is 4.79 Å². The lowest BCUT2D eigenvalue weighted by atomic mass is 10.1. The third-order valence-corrected chi connectivity index (χ3v) is 4.72. The van der Waals surface area contributed by atoms with Gasteiger partial charge in [0.15, 0.2) is 5.69 Å². The molecule has 1 aromatic carbocycles. The van der Waals surface area contributed by atoms with Gasteiger partial charge in [0, 0.05) is 35.8 Å². The lowest BCUT2D eigenvalue weighted by Gasteiger charge is -2.11. The molecule has 1 amide bonds. The van der Waals surface area contributed by atoms with Gasteiger partial charge in [-0.2, -0.15) is 0 Å². The fourth-order valence-corrected chi connectivity index (χ4v) is 3.04. The summed E-state index contributed by atoms with van der Waals surface area (Å²) in [4.78, 5) is 16.6. The number of carbonyl (C=O) groups excluding carboxylic acids is 1. The maximum absolute atomic E-state index is 12.4. The lowest BCUT2D eigenvalue weighted by Crippen LogP contribution is -2.38. The number of nitrogens with two attached hydrogens (primary N) is 1. The Balaban J connectivity index is 1.61. The van der Waals surface area contributed by atoms with E-state index in [9.17, 15) is 4.79 Å². The highest BCUT2D eigenvalue weighted by Crippen LogP contribution is 2.31. The first kappa shape index (κ1) is 15.7. The van der Waals surface area contributed by atoms with Gasteiger partial charge < -0.3 is 11.1 Å². The van der Waals surface area contributed by atoms with Gasteiger partial charge in [0.25, 0.3) is 5.91 Å². The third-order valence-electron chi connectivity index (χ3n) is 4.72. The summed E-state index contributed by atoms with van der Waals surface area (Å²) >= 11 is 0. The van der Waals surface area contributed by atoms with E-state index in [2.05, 4.69) is 20.6 Å². The van der Waals surface area contributed by atoms with Crippen molar-refractivity contribution in [1.82, 2.24) is 25.3 Å². The third kappa shape index (κ3) is 2.98. The van der Waals surface area contributed by atoms with Crippen molar-refractivity contribution in [3.63, 3.8) is 0 Å². The van der Waals surface area contributed by atoms with Gasteiger partial charge in [0.2, 0.25) is 0 Å². The highest BCUT2D eigenvalue weighted by atomic mass is 16.2. The minimum Gasteiger partial charge on any atom is -0.349 e. The van der Waals surface area contributed by atoms with Crippen molar-refractivity contribution in [3.8, 4) is 5.69 Å². The quantitative estimate of drug-likeness (QED) is 0.737. The number of fused-ring (bicyclic) bond motifs is 1. The van der Waals surface area contributed by atoms with Crippen LogP contribution in [0.2, 0.25) is 0 Å². The second-order valence-corrected chi connectivity index (χ2v) is 6.52. The van der Waals surface area contributed by atoms with Crippen LogP contribution < -0.4 is 11.1 Å². The van der Waals surface area contributed by atoms with E-state index < -0.39 is 0 Å². The molecule has 2 heterocycles. The smallest absolute Gasteiger partial charge is 0.273 e. The fraction of sp³-hybridized carbons (Fsp3) is 0.333. The monoisotopic (exact) mass is 336 g/mol. The van der Waals surface area contributed by atoms with Crippen molar-refractivity contribution in [3.05, 3.63) is 48.0 Å². The van der Waals surface area contributed by atoms with E-state index in [0.29, 0.717) is 23.9 Å². The van der Waals surface area contributed by atoms with E-state index in [1.165, 1.54) is 0 Å². The maximum atomic E-state index is 12.4. The summed E-state index contributed by atoms with van der Waals surface area (Å²) in [6, 6.07) is 7.83. The van der Waals surface area contributed by atoms with Crippen LogP contribution >= 0.6 is 0 Å². The molecular formula is C18H20N6O. The summed E-state index contributed by atoms with van der Waals surface area (Å²) < 4.78 is 1.69. The molecule has 2 aromatic heterocycles. The van der Waals surface area contributed by atoms with Gasteiger partial charge in [-0.1, -0.05) is 17.3 Å². The summed E-state index contributed by atoms with van der Waals surface area (Å²) in [6.07, 6.45) is 5.85. The summed E-state index contributed by atoms with van der Waals surface area (Å²) in [6.45, 7) is 2.31. The molecule has 1 unspecified atom stereocenters. The standard InChI is InChI=1S/C18H20N6O/c1-11-17(18(25)21-10-15(19)12-5-6-12)22-23-24(11)16-4-2-3-13-9-20-8-7-14(13)16/h2-4,7-9,12,15H,5-6,10,19H2,1H3,(H,21,25). The molecule has 1 aliphatic rings. The highest BCUT2D eigenvalue weighted by Gasteiger charge is 2.29. The highest BCUT2D eigenvalue weighted by molar-refractivity contribution is 5.94. The number of amides is 1. The number of hydrogen-bond donors (Lipinski definition) is 2. The fourth-order valence-electron chi connectivity index (χ4n) is 3.04. The van der Waals surface area contributed by atoms with Gasteiger partial charge in [-0.05, 0) is 37.8 Å². The van der Waals surface area contributed by atoms with Crippen LogP contribution in [0.25, 0.3) is 16.5 Å². The van der Waals surface area contributed by atoms with Crippen LogP contribution in [0.15, 0.2) is 36.7 Å². The maximum Gasteiger partial charge on any atom is 0.273 e. The van der Waals surface area contributed by atoms with E-state index >= 15 is 0 Å². The molecule has 3 aromatic rings. The number of nitrogens with one attached hydrogen (secondary N) is 1. The Morgan fingerprint density at radius 2 is 2.24 bits per heavy atom. The van der Waals surface area contributed by atoms with Gasteiger partial charge in [-0.3, -0.25) is 9.78 Å². The first-order valence-corrected chi connectivity index (χ1v) is 8.44. The topological polar surface area (TPSA) is 98.7 Å². The zero-order valence-electron chi connectivity index (χ0n) is 14.0. The number of pyridine rings is 1.